The number of hydrogen-bond donors (Lipinski definition) is 1. The Morgan fingerprint density at radius 3 is 2.79 bits per heavy atom. The van der Waals surface area contributed by atoms with Crippen molar-refractivity contribution >= 4 is 22.3 Å². The van der Waals surface area contributed by atoms with E-state index < -0.39 is 0 Å². The van der Waals surface area contributed by atoms with E-state index >= 15 is 0 Å². The molecule has 0 spiro atoms. The Morgan fingerprint density at radius 2 is 2.00 bits per heavy atom. The summed E-state index contributed by atoms with van der Waals surface area (Å²) >= 11 is 0. The van der Waals surface area contributed by atoms with E-state index in [0.29, 0.717) is 18.1 Å². The van der Waals surface area contributed by atoms with Crippen molar-refractivity contribution in [1.29, 1.82) is 0 Å². The maximum Gasteiger partial charge on any atom is 0.218 e. The zero-order valence-corrected chi connectivity index (χ0v) is 15.8. The number of nitrogen functional groups attached to an aromatic ring is 1. The topological polar surface area (TPSA) is 57.4 Å². The van der Waals surface area contributed by atoms with Crippen LogP contribution < -0.4 is 10.5 Å². The van der Waals surface area contributed by atoms with E-state index in [0.717, 1.165) is 38.8 Å². The van der Waals surface area contributed by atoms with Crippen LogP contribution in [0.1, 0.15) is 11.1 Å². The number of rotatable bonds is 4. The highest BCUT2D eigenvalue weighted by Crippen LogP contribution is 2.36. The molecule has 0 bridgehead atoms. The number of pyridine rings is 1. The van der Waals surface area contributed by atoms with Crippen molar-refractivity contribution < 1.29 is 4.74 Å². The van der Waals surface area contributed by atoms with Gasteiger partial charge in [-0.3, -0.25) is 0 Å². The Labute approximate surface area is 163 Å². The third kappa shape index (κ3) is 2.95. The predicted octanol–water partition coefficient (Wildman–Crippen LogP) is 5.20. The SMILES string of the molecule is [C-]#[N+]c1ccc2c(c1)c(-c1cccc(N)c1C)cn2Cc1cccnc1OC. The Balaban J connectivity index is 1.94. The number of nitrogens with zero attached hydrogens (tertiary/aromatic N) is 3. The molecule has 5 heteroatoms. The lowest BCUT2D eigenvalue weighted by molar-refractivity contribution is 0.391. The number of benzene rings is 2. The Kier molecular flexibility index (Phi) is 4.46. The van der Waals surface area contributed by atoms with Crippen molar-refractivity contribution in [3.05, 3.63) is 83.5 Å². The summed E-state index contributed by atoms with van der Waals surface area (Å²) < 4.78 is 7.58. The lowest BCUT2D eigenvalue weighted by atomic mass is 9.99. The molecule has 0 fully saturated rings. The van der Waals surface area contributed by atoms with Gasteiger partial charge in [-0.05, 0) is 47.7 Å². The van der Waals surface area contributed by atoms with Crippen LogP contribution in [0.4, 0.5) is 11.4 Å². The van der Waals surface area contributed by atoms with E-state index in [1.165, 1.54) is 0 Å². The average Bonchev–Trinajstić information content (AvgIpc) is 3.08. The van der Waals surface area contributed by atoms with Crippen LogP contribution in [0.2, 0.25) is 0 Å². The second-order valence-electron chi connectivity index (χ2n) is 6.68. The summed E-state index contributed by atoms with van der Waals surface area (Å²) in [5.41, 5.74) is 12.7. The Hall–Kier alpha value is -3.78. The molecule has 28 heavy (non-hydrogen) atoms. The van der Waals surface area contributed by atoms with Crippen LogP contribution in [0, 0.1) is 13.5 Å². The van der Waals surface area contributed by atoms with Crippen LogP contribution >= 0.6 is 0 Å². The minimum Gasteiger partial charge on any atom is -0.481 e. The van der Waals surface area contributed by atoms with Crippen molar-refractivity contribution in [3.8, 4) is 17.0 Å². The van der Waals surface area contributed by atoms with Gasteiger partial charge in [-0.15, -0.1) is 0 Å². The monoisotopic (exact) mass is 368 g/mol. The molecule has 5 nitrogen and oxygen atoms in total. The molecule has 0 saturated carbocycles. The van der Waals surface area contributed by atoms with Crippen molar-refractivity contribution in [2.45, 2.75) is 13.5 Å². The van der Waals surface area contributed by atoms with E-state index in [-0.39, 0.29) is 0 Å². The van der Waals surface area contributed by atoms with Gasteiger partial charge in [0.15, 0.2) is 5.69 Å². The lowest BCUT2D eigenvalue weighted by Gasteiger charge is -2.09. The van der Waals surface area contributed by atoms with Gasteiger partial charge in [0, 0.05) is 34.7 Å². The molecule has 4 rings (SSSR count). The molecule has 0 atom stereocenters. The van der Waals surface area contributed by atoms with Gasteiger partial charge in [0.25, 0.3) is 0 Å². The van der Waals surface area contributed by atoms with Gasteiger partial charge in [0.1, 0.15) is 0 Å². The molecule has 2 aromatic heterocycles. The van der Waals surface area contributed by atoms with Crippen LogP contribution in [-0.4, -0.2) is 16.7 Å². The molecule has 138 valence electrons. The van der Waals surface area contributed by atoms with Crippen molar-refractivity contribution in [2.75, 3.05) is 12.8 Å². The number of hydrogen-bond acceptors (Lipinski definition) is 3. The standard InChI is InChI=1S/C23H20N4O/c1-15-18(7-4-8-21(15)24)20-14-27(13-16-6-5-11-26-23(16)28-3)22-10-9-17(25-2)12-19(20)22/h4-12,14H,13,24H2,1,3H3. The number of anilines is 1. The Morgan fingerprint density at radius 1 is 1.14 bits per heavy atom. The summed E-state index contributed by atoms with van der Waals surface area (Å²) in [5.74, 6) is 0.615. The molecule has 0 aliphatic carbocycles. The van der Waals surface area contributed by atoms with Gasteiger partial charge < -0.3 is 15.0 Å². The fraction of sp³-hybridized carbons (Fsp3) is 0.130. The molecular formula is C23H20N4O. The number of fused-ring (bicyclic) bond motifs is 1. The zero-order valence-electron chi connectivity index (χ0n) is 15.8. The summed E-state index contributed by atoms with van der Waals surface area (Å²) in [7, 11) is 1.63. The smallest absolute Gasteiger partial charge is 0.218 e. The molecule has 2 aromatic carbocycles. The first-order chi connectivity index (χ1) is 13.6. The lowest BCUT2D eigenvalue weighted by Crippen LogP contribution is -2.01. The normalized spacial score (nSPS) is 10.8. The van der Waals surface area contributed by atoms with Gasteiger partial charge in [-0.2, -0.15) is 0 Å². The minimum atomic E-state index is 0.615. The van der Waals surface area contributed by atoms with Gasteiger partial charge in [0.2, 0.25) is 5.88 Å². The molecule has 0 aliphatic heterocycles. The van der Waals surface area contributed by atoms with Crippen LogP contribution in [0.15, 0.2) is 60.9 Å². The first-order valence-electron chi connectivity index (χ1n) is 8.96. The van der Waals surface area contributed by atoms with E-state index in [2.05, 4.69) is 26.7 Å². The quantitative estimate of drug-likeness (QED) is 0.398. The third-order valence-corrected chi connectivity index (χ3v) is 5.04. The number of methoxy groups -OCH3 is 1. The summed E-state index contributed by atoms with van der Waals surface area (Å²) in [5, 5.41) is 1.03. The number of aromatic nitrogens is 2. The minimum absolute atomic E-state index is 0.615. The molecule has 0 unspecified atom stereocenters. The summed E-state index contributed by atoms with van der Waals surface area (Å²) in [4.78, 5) is 7.90. The fourth-order valence-corrected chi connectivity index (χ4v) is 3.56. The maximum atomic E-state index is 7.38. The molecule has 0 amide bonds. The second kappa shape index (κ2) is 7.09. The van der Waals surface area contributed by atoms with Gasteiger partial charge in [-0.1, -0.05) is 24.3 Å². The average molecular weight is 368 g/mol. The highest BCUT2D eigenvalue weighted by Gasteiger charge is 2.15. The Bertz CT molecular complexity index is 1220. The second-order valence-corrected chi connectivity index (χ2v) is 6.68. The van der Waals surface area contributed by atoms with Crippen molar-refractivity contribution in [3.63, 3.8) is 0 Å². The molecule has 4 aromatic rings. The van der Waals surface area contributed by atoms with E-state index in [9.17, 15) is 0 Å². The van der Waals surface area contributed by atoms with Crippen LogP contribution in [-0.2, 0) is 6.54 Å². The highest BCUT2D eigenvalue weighted by molar-refractivity contribution is 5.99. The molecule has 0 aliphatic rings. The van der Waals surface area contributed by atoms with Crippen LogP contribution in [0.25, 0.3) is 26.9 Å². The number of nitrogens with two attached hydrogens (primary N) is 1. The van der Waals surface area contributed by atoms with E-state index in [1.54, 1.807) is 13.3 Å². The van der Waals surface area contributed by atoms with Gasteiger partial charge in [-0.25, -0.2) is 9.83 Å². The maximum absolute atomic E-state index is 7.38. The van der Waals surface area contributed by atoms with Gasteiger partial charge in [0.05, 0.1) is 20.2 Å². The summed E-state index contributed by atoms with van der Waals surface area (Å²) in [6, 6.07) is 15.6. The highest BCUT2D eigenvalue weighted by atomic mass is 16.5. The van der Waals surface area contributed by atoms with Gasteiger partial charge >= 0.3 is 0 Å². The molecule has 2 heterocycles. The number of ether oxygens (including phenoxy) is 1. The van der Waals surface area contributed by atoms with Crippen molar-refractivity contribution in [1.82, 2.24) is 9.55 Å². The van der Waals surface area contributed by atoms with E-state index in [4.69, 9.17) is 17.0 Å². The largest absolute Gasteiger partial charge is 0.481 e. The van der Waals surface area contributed by atoms with Crippen LogP contribution in [0.3, 0.4) is 0 Å². The summed E-state index contributed by atoms with van der Waals surface area (Å²) in [6.07, 6.45) is 3.84. The first kappa shape index (κ1) is 17.6. The van der Waals surface area contributed by atoms with Crippen molar-refractivity contribution in [2.24, 2.45) is 0 Å². The zero-order chi connectivity index (χ0) is 19.7. The first-order valence-corrected chi connectivity index (χ1v) is 8.96. The predicted molar refractivity (Wildman–Crippen MR) is 113 cm³/mol. The molecular weight excluding hydrogens is 348 g/mol. The third-order valence-electron chi connectivity index (χ3n) is 5.04. The summed E-state index contributed by atoms with van der Waals surface area (Å²) in [6.45, 7) is 10.0. The molecule has 2 N–H and O–H groups in total. The fourth-order valence-electron chi connectivity index (χ4n) is 3.56. The van der Waals surface area contributed by atoms with Crippen LogP contribution in [0.5, 0.6) is 5.88 Å². The molecule has 0 radical (unpaired) electrons. The van der Waals surface area contributed by atoms with E-state index in [1.807, 2.05) is 49.4 Å². The molecule has 0 saturated heterocycles.